The van der Waals surface area contributed by atoms with Gasteiger partial charge in [-0.1, -0.05) is 6.42 Å². The van der Waals surface area contributed by atoms with E-state index < -0.39 is 11.8 Å². The summed E-state index contributed by atoms with van der Waals surface area (Å²) in [6, 6.07) is 3.94. The quantitative estimate of drug-likeness (QED) is 0.673. The van der Waals surface area contributed by atoms with Crippen molar-refractivity contribution in [2.75, 3.05) is 12.3 Å². The second kappa shape index (κ2) is 4.83. The first-order valence-electron chi connectivity index (χ1n) is 6.85. The summed E-state index contributed by atoms with van der Waals surface area (Å²) in [5, 5.41) is 0. The second-order valence-electron chi connectivity index (χ2n) is 5.77. The molecule has 3 rings (SSSR count). The third-order valence-electron chi connectivity index (χ3n) is 4.54. The second-order valence-corrected chi connectivity index (χ2v) is 5.77. The Hall–Kier alpha value is -1.58. The molecular formula is C15H18FNO2. The van der Waals surface area contributed by atoms with Crippen molar-refractivity contribution in [3.8, 4) is 0 Å². The van der Waals surface area contributed by atoms with Crippen LogP contribution in [0.3, 0.4) is 0 Å². The third kappa shape index (κ3) is 2.44. The predicted molar refractivity (Wildman–Crippen MR) is 70.0 cm³/mol. The Morgan fingerprint density at radius 1 is 1.37 bits per heavy atom. The van der Waals surface area contributed by atoms with Gasteiger partial charge in [0.05, 0.1) is 17.9 Å². The molecule has 3 unspecified atom stereocenters. The lowest BCUT2D eigenvalue weighted by atomic mass is 9.89. The van der Waals surface area contributed by atoms with E-state index in [1.54, 1.807) is 0 Å². The molecule has 2 aliphatic rings. The summed E-state index contributed by atoms with van der Waals surface area (Å²) in [7, 11) is 0. The van der Waals surface area contributed by atoms with Gasteiger partial charge in [0, 0.05) is 0 Å². The summed E-state index contributed by atoms with van der Waals surface area (Å²) in [6.45, 7) is 0.483. The molecule has 0 heterocycles. The Balaban J connectivity index is 1.57. The highest BCUT2D eigenvalue weighted by Crippen LogP contribution is 2.48. The van der Waals surface area contributed by atoms with E-state index in [4.69, 9.17) is 10.5 Å². The minimum absolute atomic E-state index is 0.0191. The maximum absolute atomic E-state index is 13.0. The molecule has 2 fully saturated rings. The molecule has 1 aromatic carbocycles. The molecule has 0 aliphatic heterocycles. The van der Waals surface area contributed by atoms with Crippen molar-refractivity contribution < 1.29 is 13.9 Å². The number of hydrogen-bond donors (Lipinski definition) is 1. The summed E-state index contributed by atoms with van der Waals surface area (Å²) in [5.41, 5.74) is 5.75. The third-order valence-corrected chi connectivity index (χ3v) is 4.54. The van der Waals surface area contributed by atoms with Crippen LogP contribution < -0.4 is 5.73 Å². The van der Waals surface area contributed by atoms with Crippen molar-refractivity contribution >= 4 is 11.7 Å². The van der Waals surface area contributed by atoms with Crippen LogP contribution in [0.2, 0.25) is 0 Å². The van der Waals surface area contributed by atoms with Crippen LogP contribution in [0.4, 0.5) is 10.1 Å². The highest BCUT2D eigenvalue weighted by molar-refractivity contribution is 5.90. The van der Waals surface area contributed by atoms with E-state index in [1.165, 1.54) is 43.9 Å². The van der Waals surface area contributed by atoms with Gasteiger partial charge in [0.15, 0.2) is 0 Å². The van der Waals surface area contributed by atoms with E-state index in [0.717, 1.165) is 11.8 Å². The summed E-state index contributed by atoms with van der Waals surface area (Å²) in [6.07, 6.45) is 5.09. The number of carbonyl (C=O) groups excluding carboxylic acids is 1. The fourth-order valence-electron chi connectivity index (χ4n) is 3.52. The van der Waals surface area contributed by atoms with Crippen LogP contribution in [-0.2, 0) is 4.74 Å². The lowest BCUT2D eigenvalue weighted by Gasteiger charge is -2.21. The fraction of sp³-hybridized carbons (Fsp3) is 0.533. The van der Waals surface area contributed by atoms with Gasteiger partial charge in [-0.3, -0.25) is 0 Å². The number of fused-ring (bicyclic) bond motifs is 2. The zero-order chi connectivity index (χ0) is 13.4. The van der Waals surface area contributed by atoms with Crippen molar-refractivity contribution in [1.82, 2.24) is 0 Å². The Labute approximate surface area is 111 Å². The number of anilines is 1. The number of benzene rings is 1. The molecule has 19 heavy (non-hydrogen) atoms. The van der Waals surface area contributed by atoms with E-state index in [-0.39, 0.29) is 5.69 Å². The molecule has 0 saturated heterocycles. The average Bonchev–Trinajstić information content (AvgIpc) is 3.01. The van der Waals surface area contributed by atoms with Gasteiger partial charge in [0.25, 0.3) is 0 Å². The van der Waals surface area contributed by atoms with E-state index in [1.807, 2.05) is 0 Å². The van der Waals surface area contributed by atoms with Crippen molar-refractivity contribution in [2.24, 2.45) is 17.8 Å². The number of nitrogens with two attached hydrogens (primary N) is 1. The molecule has 2 N–H and O–H groups in total. The van der Waals surface area contributed by atoms with Gasteiger partial charge in [-0.15, -0.1) is 0 Å². The van der Waals surface area contributed by atoms with Gasteiger partial charge in [-0.25, -0.2) is 9.18 Å². The molecule has 0 spiro atoms. The Bertz CT molecular complexity index is 503. The molecule has 102 valence electrons. The molecule has 0 radical (unpaired) electrons. The van der Waals surface area contributed by atoms with Gasteiger partial charge >= 0.3 is 5.97 Å². The van der Waals surface area contributed by atoms with E-state index >= 15 is 0 Å². The van der Waals surface area contributed by atoms with Gasteiger partial charge < -0.3 is 10.5 Å². The molecule has 0 amide bonds. The molecule has 2 saturated carbocycles. The number of carbonyl (C=O) groups is 1. The number of ether oxygens (including phenoxy) is 1. The molecule has 0 aromatic heterocycles. The van der Waals surface area contributed by atoms with Gasteiger partial charge in [-0.2, -0.15) is 0 Å². The topological polar surface area (TPSA) is 52.3 Å². The normalized spacial score (nSPS) is 28.6. The number of halogens is 1. The first-order valence-corrected chi connectivity index (χ1v) is 6.85. The zero-order valence-corrected chi connectivity index (χ0v) is 10.8. The van der Waals surface area contributed by atoms with Crippen LogP contribution in [0.25, 0.3) is 0 Å². The van der Waals surface area contributed by atoms with Crippen LogP contribution in [0.1, 0.15) is 36.0 Å². The van der Waals surface area contributed by atoms with Gasteiger partial charge in [0.1, 0.15) is 5.82 Å². The van der Waals surface area contributed by atoms with Crippen LogP contribution in [0.15, 0.2) is 18.2 Å². The summed E-state index contributed by atoms with van der Waals surface area (Å²) >= 11 is 0. The first-order chi connectivity index (χ1) is 9.13. The van der Waals surface area contributed by atoms with Crippen LogP contribution >= 0.6 is 0 Å². The smallest absolute Gasteiger partial charge is 0.338 e. The summed E-state index contributed by atoms with van der Waals surface area (Å²) in [4.78, 5) is 11.9. The van der Waals surface area contributed by atoms with Gasteiger partial charge in [0.2, 0.25) is 0 Å². The highest BCUT2D eigenvalue weighted by atomic mass is 19.1. The number of rotatable bonds is 3. The Kier molecular flexibility index (Phi) is 3.17. The Morgan fingerprint density at radius 3 is 2.84 bits per heavy atom. The van der Waals surface area contributed by atoms with Crippen LogP contribution in [0.5, 0.6) is 0 Å². The maximum atomic E-state index is 13.0. The van der Waals surface area contributed by atoms with E-state index in [2.05, 4.69) is 0 Å². The molecular weight excluding hydrogens is 245 g/mol. The molecule has 4 heteroatoms. The van der Waals surface area contributed by atoms with E-state index in [0.29, 0.717) is 18.1 Å². The standard InChI is InChI=1S/C15H18FNO2/c16-13-4-3-11(7-14(13)17)15(18)19-8-12-6-9-1-2-10(12)5-9/h3-4,7,9-10,12H,1-2,5-6,8,17H2. The number of nitrogen functional groups attached to an aromatic ring is 1. The minimum atomic E-state index is -0.510. The van der Waals surface area contributed by atoms with Crippen molar-refractivity contribution in [2.45, 2.75) is 25.7 Å². The lowest BCUT2D eigenvalue weighted by Crippen LogP contribution is -2.19. The van der Waals surface area contributed by atoms with Crippen LogP contribution in [0, 0.1) is 23.6 Å². The number of esters is 1. The molecule has 1 aromatic rings. The van der Waals surface area contributed by atoms with Crippen molar-refractivity contribution in [1.29, 1.82) is 0 Å². The summed E-state index contributed by atoms with van der Waals surface area (Å²) in [5.74, 6) is 1.17. The largest absolute Gasteiger partial charge is 0.462 e. The minimum Gasteiger partial charge on any atom is -0.462 e. The van der Waals surface area contributed by atoms with Crippen molar-refractivity contribution in [3.63, 3.8) is 0 Å². The number of hydrogen-bond acceptors (Lipinski definition) is 3. The molecule has 2 bridgehead atoms. The predicted octanol–water partition coefficient (Wildman–Crippen LogP) is 3.00. The molecule has 3 nitrogen and oxygen atoms in total. The van der Waals surface area contributed by atoms with Crippen molar-refractivity contribution in [3.05, 3.63) is 29.6 Å². The monoisotopic (exact) mass is 263 g/mol. The maximum Gasteiger partial charge on any atom is 0.338 e. The lowest BCUT2D eigenvalue weighted by molar-refractivity contribution is 0.0394. The first kappa shape index (κ1) is 12.5. The van der Waals surface area contributed by atoms with Crippen LogP contribution in [-0.4, -0.2) is 12.6 Å². The van der Waals surface area contributed by atoms with Gasteiger partial charge in [-0.05, 0) is 55.2 Å². The Morgan fingerprint density at radius 2 is 2.21 bits per heavy atom. The SMILES string of the molecule is Nc1cc(C(=O)OCC2CC3CCC2C3)ccc1F. The average molecular weight is 263 g/mol. The highest BCUT2D eigenvalue weighted by Gasteiger charge is 2.39. The summed E-state index contributed by atoms with van der Waals surface area (Å²) < 4.78 is 18.4. The van der Waals surface area contributed by atoms with E-state index in [9.17, 15) is 9.18 Å². The molecule has 2 aliphatic carbocycles. The molecule has 3 atom stereocenters. The zero-order valence-electron chi connectivity index (χ0n) is 10.8. The fourth-order valence-corrected chi connectivity index (χ4v) is 3.52.